The molecule has 1 rings (SSSR count). The van der Waals surface area contributed by atoms with Crippen molar-refractivity contribution in [2.24, 2.45) is 5.92 Å². The third-order valence-electron chi connectivity index (χ3n) is 2.11. The van der Waals surface area contributed by atoms with Crippen molar-refractivity contribution in [3.8, 4) is 0 Å². The molecule has 2 atom stereocenters. The lowest BCUT2D eigenvalue weighted by atomic mass is 9.90. The molecule has 0 heterocycles. The average molecular weight is 290 g/mol. The van der Waals surface area contributed by atoms with Gasteiger partial charge in [-0.1, -0.05) is 35.6 Å². The fourth-order valence-corrected chi connectivity index (χ4v) is 1.79. The fourth-order valence-electron chi connectivity index (χ4n) is 1.28. The van der Waals surface area contributed by atoms with Gasteiger partial charge in [-0.2, -0.15) is 13.2 Å². The van der Waals surface area contributed by atoms with Gasteiger partial charge in [0.1, 0.15) is 0 Å². The summed E-state index contributed by atoms with van der Waals surface area (Å²) in [5, 5.41) is 0. The second kappa shape index (κ2) is 3.55. The zero-order valence-electron chi connectivity index (χ0n) is 6.66. The van der Waals surface area contributed by atoms with Gasteiger partial charge in [0, 0.05) is 9.50 Å². The molecule has 0 aliphatic heterocycles. The maximum Gasteiger partial charge on any atom is 0.412 e. The third kappa shape index (κ3) is 2.37. The molecule has 2 unspecified atom stereocenters. The quantitative estimate of drug-likeness (QED) is 0.362. The summed E-state index contributed by atoms with van der Waals surface area (Å²) in [6.07, 6.45) is -2.05. The number of halogens is 4. The summed E-state index contributed by atoms with van der Waals surface area (Å²) < 4.78 is 36.9. The molecular weight excluding hydrogens is 280 g/mol. The normalized spacial score (nSPS) is 31.6. The van der Waals surface area contributed by atoms with Crippen molar-refractivity contribution >= 4 is 22.6 Å². The first-order chi connectivity index (χ1) is 5.41. The molecule has 0 spiro atoms. The molecule has 0 aromatic carbocycles. The minimum Gasteiger partial charge on any atom is -0.166 e. The number of hydrogen-bond donors (Lipinski definition) is 0. The number of rotatable bonds is 0. The number of hydrogen-bond acceptors (Lipinski definition) is 0. The highest BCUT2D eigenvalue weighted by molar-refractivity contribution is 14.1. The van der Waals surface area contributed by atoms with Gasteiger partial charge < -0.3 is 0 Å². The lowest BCUT2D eigenvalue weighted by Gasteiger charge is -2.25. The zero-order chi connectivity index (χ0) is 9.35. The Balaban J connectivity index is 2.71. The van der Waals surface area contributed by atoms with Crippen LogP contribution in [0, 0.1) is 5.92 Å². The maximum atomic E-state index is 12.2. The summed E-state index contributed by atoms with van der Waals surface area (Å²) in [6, 6.07) is 0. The minimum absolute atomic E-state index is 0.146. The van der Waals surface area contributed by atoms with Gasteiger partial charge in [-0.15, -0.1) is 0 Å². The second-order valence-corrected chi connectivity index (χ2v) is 4.76. The summed E-state index contributed by atoms with van der Waals surface area (Å²) in [4.78, 5) is 0. The molecule has 12 heavy (non-hydrogen) atoms. The van der Waals surface area contributed by atoms with Crippen LogP contribution in [0.4, 0.5) is 13.2 Å². The van der Waals surface area contributed by atoms with E-state index >= 15 is 0 Å². The lowest BCUT2D eigenvalue weighted by Crippen LogP contribution is -2.23. The molecular formula is C8H10F3I. The van der Waals surface area contributed by atoms with Gasteiger partial charge >= 0.3 is 6.18 Å². The van der Waals surface area contributed by atoms with Crippen LogP contribution >= 0.6 is 22.6 Å². The Labute approximate surface area is 83.4 Å². The molecule has 0 nitrogen and oxygen atoms in total. The standard InChI is InChI=1S/C8H10F3I/c1-5-4-6(8(9,10)11)2-3-7(5)12/h2,5,7H,3-4H2,1H3. The molecule has 4 heteroatoms. The second-order valence-electron chi connectivity index (χ2n) is 3.16. The molecule has 0 saturated heterocycles. The molecule has 0 saturated carbocycles. The SMILES string of the molecule is CC1CC(C(F)(F)F)=CCC1I. The zero-order valence-corrected chi connectivity index (χ0v) is 8.82. The summed E-state index contributed by atoms with van der Waals surface area (Å²) in [6.45, 7) is 1.87. The van der Waals surface area contributed by atoms with Crippen molar-refractivity contribution in [2.75, 3.05) is 0 Å². The van der Waals surface area contributed by atoms with Gasteiger partial charge in [-0.05, 0) is 18.8 Å². The van der Waals surface area contributed by atoms with Crippen LogP contribution in [-0.4, -0.2) is 10.1 Å². The summed E-state index contributed by atoms with van der Waals surface area (Å²) >= 11 is 2.21. The molecule has 0 aromatic heterocycles. The molecule has 0 N–H and O–H groups in total. The molecule has 0 amide bonds. The summed E-state index contributed by atoms with van der Waals surface area (Å²) in [7, 11) is 0. The predicted molar refractivity (Wildman–Crippen MR) is 50.3 cm³/mol. The van der Waals surface area contributed by atoms with Crippen LogP contribution in [0.15, 0.2) is 11.6 Å². The first kappa shape index (κ1) is 10.3. The van der Waals surface area contributed by atoms with Gasteiger partial charge in [0.15, 0.2) is 0 Å². The van der Waals surface area contributed by atoms with Crippen molar-refractivity contribution in [1.82, 2.24) is 0 Å². The van der Waals surface area contributed by atoms with Gasteiger partial charge in [0.05, 0.1) is 0 Å². The van der Waals surface area contributed by atoms with Crippen molar-refractivity contribution in [2.45, 2.75) is 29.9 Å². The number of alkyl halides is 4. The summed E-state index contributed by atoms with van der Waals surface area (Å²) in [5.41, 5.74) is -0.345. The van der Waals surface area contributed by atoms with E-state index in [1.165, 1.54) is 6.08 Å². The van der Waals surface area contributed by atoms with Crippen molar-refractivity contribution in [3.63, 3.8) is 0 Å². The maximum absolute atomic E-state index is 12.2. The smallest absolute Gasteiger partial charge is 0.166 e. The van der Waals surface area contributed by atoms with E-state index in [-0.39, 0.29) is 17.9 Å². The Kier molecular flexibility index (Phi) is 3.06. The Hall–Kier alpha value is 0.260. The van der Waals surface area contributed by atoms with Crippen LogP contribution in [0.5, 0.6) is 0 Å². The Morgan fingerprint density at radius 3 is 2.50 bits per heavy atom. The minimum atomic E-state index is -4.11. The van der Waals surface area contributed by atoms with Crippen molar-refractivity contribution < 1.29 is 13.2 Å². The topological polar surface area (TPSA) is 0 Å². The predicted octanol–water partition coefficient (Wildman–Crippen LogP) is 3.71. The van der Waals surface area contributed by atoms with E-state index in [9.17, 15) is 13.2 Å². The molecule has 0 fully saturated rings. The third-order valence-corrected chi connectivity index (χ3v) is 3.85. The Bertz CT molecular complexity index is 195. The van der Waals surface area contributed by atoms with Crippen molar-refractivity contribution in [1.29, 1.82) is 0 Å². The van der Waals surface area contributed by atoms with Gasteiger partial charge in [-0.3, -0.25) is 0 Å². The van der Waals surface area contributed by atoms with Crippen LogP contribution in [0.25, 0.3) is 0 Å². The number of allylic oxidation sites excluding steroid dienone is 2. The summed E-state index contributed by atoms with van der Waals surface area (Å²) in [5.74, 6) is 0.146. The molecule has 0 bridgehead atoms. The highest BCUT2D eigenvalue weighted by Crippen LogP contribution is 2.37. The van der Waals surface area contributed by atoms with E-state index in [2.05, 4.69) is 22.6 Å². The first-order valence-corrected chi connectivity index (χ1v) is 5.06. The van der Waals surface area contributed by atoms with Crippen LogP contribution < -0.4 is 0 Å². The fraction of sp³-hybridized carbons (Fsp3) is 0.750. The van der Waals surface area contributed by atoms with Gasteiger partial charge in [0.2, 0.25) is 0 Å². The first-order valence-electron chi connectivity index (χ1n) is 3.81. The monoisotopic (exact) mass is 290 g/mol. The molecule has 0 radical (unpaired) electrons. The highest BCUT2D eigenvalue weighted by atomic mass is 127. The van der Waals surface area contributed by atoms with Crippen LogP contribution in [0.3, 0.4) is 0 Å². The van der Waals surface area contributed by atoms with E-state index in [0.29, 0.717) is 10.3 Å². The van der Waals surface area contributed by atoms with Crippen molar-refractivity contribution in [3.05, 3.63) is 11.6 Å². The van der Waals surface area contributed by atoms with E-state index < -0.39 is 6.18 Å². The van der Waals surface area contributed by atoms with Crippen LogP contribution in [0.2, 0.25) is 0 Å². The van der Waals surface area contributed by atoms with E-state index in [1.54, 1.807) is 0 Å². The molecule has 1 aliphatic carbocycles. The molecule has 70 valence electrons. The largest absolute Gasteiger partial charge is 0.412 e. The van der Waals surface area contributed by atoms with E-state index in [4.69, 9.17) is 0 Å². The van der Waals surface area contributed by atoms with E-state index in [1.807, 2.05) is 6.92 Å². The molecule has 0 aromatic rings. The lowest BCUT2D eigenvalue weighted by molar-refractivity contribution is -0.0961. The Morgan fingerprint density at radius 2 is 2.08 bits per heavy atom. The molecule has 1 aliphatic rings. The van der Waals surface area contributed by atoms with Crippen LogP contribution in [-0.2, 0) is 0 Å². The highest BCUT2D eigenvalue weighted by Gasteiger charge is 2.36. The van der Waals surface area contributed by atoms with Gasteiger partial charge in [0.25, 0.3) is 0 Å². The van der Waals surface area contributed by atoms with Gasteiger partial charge in [-0.25, -0.2) is 0 Å². The van der Waals surface area contributed by atoms with Crippen LogP contribution in [0.1, 0.15) is 19.8 Å². The Morgan fingerprint density at radius 1 is 1.50 bits per heavy atom. The average Bonchev–Trinajstić information content (AvgIpc) is 1.92. The van der Waals surface area contributed by atoms with E-state index in [0.717, 1.165) is 0 Å².